The summed E-state index contributed by atoms with van der Waals surface area (Å²) in [6.07, 6.45) is 1.42. The zero-order valence-electron chi connectivity index (χ0n) is 17.6. The van der Waals surface area contributed by atoms with Gasteiger partial charge in [-0.3, -0.25) is 0 Å². The lowest BCUT2D eigenvalue weighted by molar-refractivity contribution is 0.0697. The van der Waals surface area contributed by atoms with Gasteiger partial charge < -0.3 is 9.67 Å². The van der Waals surface area contributed by atoms with E-state index in [0.717, 1.165) is 28.1 Å². The number of hydrogen-bond acceptors (Lipinski definition) is 3. The van der Waals surface area contributed by atoms with Crippen molar-refractivity contribution in [1.29, 1.82) is 10.5 Å². The molecule has 1 heterocycles. The van der Waals surface area contributed by atoms with Gasteiger partial charge in [0.1, 0.15) is 0 Å². The van der Waals surface area contributed by atoms with E-state index in [9.17, 15) is 4.79 Å². The van der Waals surface area contributed by atoms with Crippen LogP contribution in [0.5, 0.6) is 0 Å². The number of carboxylic acid groups (broad SMARTS) is 1. The van der Waals surface area contributed by atoms with E-state index in [2.05, 4.69) is 43.7 Å². The summed E-state index contributed by atoms with van der Waals surface area (Å²) in [4.78, 5) is 11.0. The van der Waals surface area contributed by atoms with Crippen LogP contribution in [-0.4, -0.2) is 15.6 Å². The Morgan fingerprint density at radius 2 is 1.71 bits per heavy atom. The number of nitrogens with zero attached hydrogens (tertiary/aromatic N) is 3. The minimum absolute atomic E-state index is 0.294. The summed E-state index contributed by atoms with van der Waals surface area (Å²) in [7, 11) is 0. The van der Waals surface area contributed by atoms with Gasteiger partial charge in [-0.05, 0) is 55.3 Å². The summed E-state index contributed by atoms with van der Waals surface area (Å²) in [6.45, 7) is 11.4. The second-order valence-corrected chi connectivity index (χ2v) is 6.90. The lowest BCUT2D eigenvalue weighted by Crippen LogP contribution is -2.04. The van der Waals surface area contributed by atoms with Crippen LogP contribution in [0.3, 0.4) is 0 Å². The lowest BCUT2D eigenvalue weighted by atomic mass is 10.0. The van der Waals surface area contributed by atoms with E-state index in [1.165, 1.54) is 6.08 Å². The van der Waals surface area contributed by atoms with Gasteiger partial charge in [0, 0.05) is 29.1 Å². The molecule has 1 N–H and O–H groups in total. The van der Waals surface area contributed by atoms with Crippen molar-refractivity contribution in [2.75, 3.05) is 0 Å². The Balaban J connectivity index is 0.000000501. The number of carboxylic acids is 1. The SMILES string of the molecule is C=CC(=C)C#N.Cc1cc(-c2ccc(C#N)cc2)c(C)n1Cc1ccc(C(=O)O)cc1. The fourth-order valence-corrected chi connectivity index (χ4v) is 3.04. The van der Waals surface area contributed by atoms with Crippen LogP contribution in [0.1, 0.15) is 32.9 Å². The van der Waals surface area contributed by atoms with Crippen LogP contribution in [0.25, 0.3) is 11.1 Å². The highest BCUT2D eigenvalue weighted by Gasteiger charge is 2.12. The molecule has 0 saturated heterocycles. The fourth-order valence-electron chi connectivity index (χ4n) is 3.04. The molecule has 0 amide bonds. The van der Waals surface area contributed by atoms with Crippen LogP contribution in [0.15, 0.2) is 79.4 Å². The van der Waals surface area contributed by atoms with Crippen LogP contribution in [0.4, 0.5) is 0 Å². The van der Waals surface area contributed by atoms with E-state index in [1.807, 2.05) is 36.4 Å². The van der Waals surface area contributed by atoms with Crippen molar-refractivity contribution >= 4 is 5.97 Å². The molecule has 0 aliphatic rings. The zero-order valence-corrected chi connectivity index (χ0v) is 17.6. The third-order valence-electron chi connectivity index (χ3n) is 4.83. The first-order chi connectivity index (χ1) is 14.8. The molecular weight excluding hydrogens is 386 g/mol. The Hall–Kier alpha value is -4.35. The van der Waals surface area contributed by atoms with Crippen LogP contribution in [0.2, 0.25) is 0 Å². The molecular formula is C26H23N3O2. The molecule has 0 unspecified atom stereocenters. The molecule has 5 heteroatoms. The third-order valence-corrected chi connectivity index (χ3v) is 4.83. The van der Waals surface area contributed by atoms with Crippen molar-refractivity contribution in [2.45, 2.75) is 20.4 Å². The maximum Gasteiger partial charge on any atom is 0.335 e. The second kappa shape index (κ2) is 10.4. The average molecular weight is 409 g/mol. The molecule has 2 aromatic carbocycles. The van der Waals surface area contributed by atoms with Gasteiger partial charge in [0.2, 0.25) is 0 Å². The van der Waals surface area contributed by atoms with Crippen LogP contribution in [0, 0.1) is 36.5 Å². The summed E-state index contributed by atoms with van der Waals surface area (Å²) >= 11 is 0. The van der Waals surface area contributed by atoms with E-state index in [1.54, 1.807) is 18.2 Å². The van der Waals surface area contributed by atoms with Gasteiger partial charge in [-0.15, -0.1) is 0 Å². The highest BCUT2D eigenvalue weighted by molar-refractivity contribution is 5.87. The largest absolute Gasteiger partial charge is 0.478 e. The number of nitriles is 2. The first kappa shape index (κ1) is 22.9. The molecule has 0 saturated carbocycles. The van der Waals surface area contributed by atoms with Crippen molar-refractivity contribution in [1.82, 2.24) is 4.57 Å². The van der Waals surface area contributed by atoms with Gasteiger partial charge in [-0.25, -0.2) is 4.79 Å². The van der Waals surface area contributed by atoms with Gasteiger partial charge in [0.25, 0.3) is 0 Å². The van der Waals surface area contributed by atoms with E-state index >= 15 is 0 Å². The molecule has 0 spiro atoms. The highest BCUT2D eigenvalue weighted by atomic mass is 16.4. The quantitative estimate of drug-likeness (QED) is 0.436. The second-order valence-electron chi connectivity index (χ2n) is 6.90. The number of carbonyl (C=O) groups is 1. The number of benzene rings is 2. The predicted molar refractivity (Wildman–Crippen MR) is 122 cm³/mol. The van der Waals surface area contributed by atoms with Gasteiger partial charge in [0.05, 0.1) is 23.3 Å². The molecule has 0 atom stereocenters. The molecule has 0 bridgehead atoms. The normalized spacial score (nSPS) is 9.55. The number of rotatable bonds is 5. The summed E-state index contributed by atoms with van der Waals surface area (Å²) in [5.41, 5.74) is 6.92. The van der Waals surface area contributed by atoms with Gasteiger partial charge in [-0.1, -0.05) is 43.5 Å². The molecule has 0 radical (unpaired) electrons. The third kappa shape index (κ3) is 5.82. The summed E-state index contributed by atoms with van der Waals surface area (Å²) in [6, 6.07) is 20.6. The summed E-state index contributed by atoms with van der Waals surface area (Å²) < 4.78 is 2.21. The molecule has 31 heavy (non-hydrogen) atoms. The number of aromatic nitrogens is 1. The smallest absolute Gasteiger partial charge is 0.335 e. The van der Waals surface area contributed by atoms with Crippen molar-refractivity contribution in [3.8, 4) is 23.3 Å². The molecule has 3 rings (SSSR count). The standard InChI is InChI=1S/C21H18N2O2.C5H5N/c1-14-11-20(18-7-3-16(12-22)4-8-18)15(2)23(14)13-17-5-9-19(10-6-17)21(24)25;1-3-5(2)4-6/h3-11H,13H2,1-2H3,(H,24,25);3H,1-2H2. The first-order valence-electron chi connectivity index (χ1n) is 9.51. The van der Waals surface area contributed by atoms with Gasteiger partial charge >= 0.3 is 5.97 Å². The van der Waals surface area contributed by atoms with Crippen LogP contribution in [-0.2, 0) is 6.54 Å². The number of hydrogen-bond donors (Lipinski definition) is 1. The summed E-state index contributed by atoms with van der Waals surface area (Å²) in [5, 5.41) is 25.8. The zero-order chi connectivity index (χ0) is 23.0. The molecule has 5 nitrogen and oxygen atoms in total. The monoisotopic (exact) mass is 409 g/mol. The maximum absolute atomic E-state index is 11.0. The number of allylic oxidation sites excluding steroid dienone is 2. The molecule has 0 aliphatic carbocycles. The first-order valence-corrected chi connectivity index (χ1v) is 9.51. The Bertz CT molecular complexity index is 1190. The van der Waals surface area contributed by atoms with Crippen molar-refractivity contribution in [3.63, 3.8) is 0 Å². The fraction of sp³-hybridized carbons (Fsp3) is 0.115. The molecule has 1 aromatic heterocycles. The van der Waals surface area contributed by atoms with Crippen molar-refractivity contribution < 1.29 is 9.90 Å². The van der Waals surface area contributed by atoms with Crippen molar-refractivity contribution in [3.05, 3.63) is 107 Å². The minimum atomic E-state index is -0.914. The van der Waals surface area contributed by atoms with E-state index < -0.39 is 5.97 Å². The van der Waals surface area contributed by atoms with Gasteiger partial charge in [-0.2, -0.15) is 10.5 Å². The molecule has 3 aromatic rings. The van der Waals surface area contributed by atoms with Crippen LogP contribution >= 0.6 is 0 Å². The Labute approximate surface area is 182 Å². The predicted octanol–water partition coefficient (Wildman–Crippen LogP) is 5.64. The topological polar surface area (TPSA) is 89.8 Å². The number of aryl methyl sites for hydroxylation is 1. The van der Waals surface area contributed by atoms with Crippen LogP contribution < -0.4 is 0 Å². The Kier molecular flexibility index (Phi) is 7.72. The lowest BCUT2D eigenvalue weighted by Gasteiger charge is -2.10. The van der Waals surface area contributed by atoms with E-state index in [4.69, 9.17) is 15.6 Å². The van der Waals surface area contributed by atoms with Gasteiger partial charge in [0.15, 0.2) is 0 Å². The Morgan fingerprint density at radius 3 is 2.16 bits per heavy atom. The highest BCUT2D eigenvalue weighted by Crippen LogP contribution is 2.28. The van der Waals surface area contributed by atoms with E-state index in [-0.39, 0.29) is 0 Å². The summed E-state index contributed by atoms with van der Waals surface area (Å²) in [5.74, 6) is -0.914. The van der Waals surface area contributed by atoms with E-state index in [0.29, 0.717) is 23.2 Å². The minimum Gasteiger partial charge on any atom is -0.478 e. The Morgan fingerprint density at radius 1 is 1.10 bits per heavy atom. The maximum atomic E-state index is 11.0. The average Bonchev–Trinajstić information content (AvgIpc) is 3.07. The molecule has 154 valence electrons. The number of aromatic carboxylic acids is 1. The molecule has 0 fully saturated rings. The molecule has 0 aliphatic heterocycles. The van der Waals surface area contributed by atoms with Crippen molar-refractivity contribution in [2.24, 2.45) is 0 Å².